The third-order valence-corrected chi connectivity index (χ3v) is 4.98. The number of aromatic nitrogens is 2. The number of benzene rings is 2. The molecular formula is C21H21ClN4O4. The SMILES string of the molecule is CCC(C)C(NC(=O)c1ccc(Cl)cc1)C(=O)Nc1cccc(-c2noc(=O)[nH]2)c1. The van der Waals surface area contributed by atoms with E-state index in [0.29, 0.717) is 28.3 Å². The Balaban J connectivity index is 1.76. The standard InChI is InChI=1S/C21H21ClN4O4/c1-3-12(2)17(24-19(27)13-7-9-15(22)10-8-13)20(28)23-16-6-4-5-14(11-16)18-25-21(29)30-26-18/h4-12,17H,3H2,1-2H3,(H,23,28)(H,24,27)(H,25,26,29). The van der Waals surface area contributed by atoms with E-state index in [1.165, 1.54) is 0 Å². The maximum Gasteiger partial charge on any atom is 0.439 e. The minimum atomic E-state index is -0.742. The summed E-state index contributed by atoms with van der Waals surface area (Å²) in [6.45, 7) is 3.84. The van der Waals surface area contributed by atoms with E-state index in [4.69, 9.17) is 11.6 Å². The average Bonchev–Trinajstić information content (AvgIpc) is 3.18. The number of anilines is 1. The number of aromatic amines is 1. The summed E-state index contributed by atoms with van der Waals surface area (Å²) < 4.78 is 4.51. The van der Waals surface area contributed by atoms with Crippen LogP contribution in [0.4, 0.5) is 5.69 Å². The molecule has 0 fully saturated rings. The van der Waals surface area contributed by atoms with Crippen molar-refractivity contribution in [2.45, 2.75) is 26.3 Å². The van der Waals surface area contributed by atoms with Gasteiger partial charge >= 0.3 is 5.76 Å². The first-order valence-corrected chi connectivity index (χ1v) is 9.79. The van der Waals surface area contributed by atoms with Crippen LogP contribution >= 0.6 is 11.6 Å². The molecule has 3 rings (SSSR count). The van der Waals surface area contributed by atoms with Gasteiger partial charge in [-0.25, -0.2) is 4.79 Å². The lowest BCUT2D eigenvalue weighted by Gasteiger charge is -2.23. The Morgan fingerprint density at radius 2 is 1.93 bits per heavy atom. The van der Waals surface area contributed by atoms with Crippen LogP contribution in [0.3, 0.4) is 0 Å². The van der Waals surface area contributed by atoms with Crippen molar-refractivity contribution in [2.75, 3.05) is 5.32 Å². The van der Waals surface area contributed by atoms with E-state index in [-0.39, 0.29) is 23.6 Å². The first kappa shape index (κ1) is 21.3. The maximum absolute atomic E-state index is 12.9. The van der Waals surface area contributed by atoms with E-state index in [9.17, 15) is 14.4 Å². The highest BCUT2D eigenvalue weighted by Crippen LogP contribution is 2.20. The molecule has 1 heterocycles. The second-order valence-electron chi connectivity index (χ2n) is 6.86. The van der Waals surface area contributed by atoms with E-state index in [1.807, 2.05) is 13.8 Å². The number of carbonyl (C=O) groups excluding carboxylic acids is 2. The maximum atomic E-state index is 12.9. The van der Waals surface area contributed by atoms with Crippen LogP contribution in [0.2, 0.25) is 5.02 Å². The molecule has 1 aromatic heterocycles. The molecule has 3 aromatic rings. The molecule has 2 amide bonds. The fourth-order valence-corrected chi connectivity index (χ4v) is 2.97. The van der Waals surface area contributed by atoms with Crippen molar-refractivity contribution in [1.82, 2.24) is 15.5 Å². The summed E-state index contributed by atoms with van der Waals surface area (Å²) in [5, 5.41) is 9.78. The number of hydrogen-bond donors (Lipinski definition) is 3. The quantitative estimate of drug-likeness (QED) is 0.532. The molecule has 0 radical (unpaired) electrons. The fourth-order valence-electron chi connectivity index (χ4n) is 2.85. The van der Waals surface area contributed by atoms with Crippen LogP contribution in [0, 0.1) is 5.92 Å². The largest absolute Gasteiger partial charge is 0.439 e. The van der Waals surface area contributed by atoms with Gasteiger partial charge in [0.1, 0.15) is 6.04 Å². The smallest absolute Gasteiger partial charge is 0.340 e. The number of nitrogens with one attached hydrogen (secondary N) is 3. The zero-order valence-electron chi connectivity index (χ0n) is 16.4. The molecule has 0 saturated carbocycles. The van der Waals surface area contributed by atoms with Crippen molar-refractivity contribution in [1.29, 1.82) is 0 Å². The lowest BCUT2D eigenvalue weighted by molar-refractivity contribution is -0.119. The zero-order valence-corrected chi connectivity index (χ0v) is 17.2. The summed E-state index contributed by atoms with van der Waals surface area (Å²) in [5.74, 6) is -1.22. The van der Waals surface area contributed by atoms with Gasteiger partial charge in [-0.15, -0.1) is 0 Å². The Morgan fingerprint density at radius 3 is 2.57 bits per heavy atom. The molecule has 8 nitrogen and oxygen atoms in total. The number of halogens is 1. The zero-order chi connectivity index (χ0) is 21.7. The third kappa shape index (κ3) is 5.15. The fraction of sp³-hybridized carbons (Fsp3) is 0.238. The van der Waals surface area contributed by atoms with Crippen LogP contribution in [0.25, 0.3) is 11.4 Å². The lowest BCUT2D eigenvalue weighted by atomic mass is 9.97. The van der Waals surface area contributed by atoms with Crippen molar-refractivity contribution >= 4 is 29.1 Å². The molecule has 0 aliphatic heterocycles. The minimum absolute atomic E-state index is 0.101. The molecule has 0 bridgehead atoms. The van der Waals surface area contributed by atoms with Gasteiger partial charge in [-0.2, -0.15) is 0 Å². The number of nitrogens with zero attached hydrogens (tertiary/aromatic N) is 1. The number of rotatable bonds is 7. The second kappa shape index (κ2) is 9.41. The van der Waals surface area contributed by atoms with Crippen molar-refractivity contribution < 1.29 is 14.1 Å². The summed E-state index contributed by atoms with van der Waals surface area (Å²) in [6, 6.07) is 12.5. The van der Waals surface area contributed by atoms with Crippen LogP contribution < -0.4 is 16.4 Å². The van der Waals surface area contributed by atoms with Gasteiger partial charge in [-0.05, 0) is 42.3 Å². The summed E-state index contributed by atoms with van der Waals surface area (Å²) in [5.41, 5.74) is 1.48. The molecule has 2 atom stereocenters. The summed E-state index contributed by atoms with van der Waals surface area (Å²) in [6.07, 6.45) is 0.694. The minimum Gasteiger partial charge on any atom is -0.340 e. The van der Waals surface area contributed by atoms with Gasteiger partial charge in [0, 0.05) is 21.8 Å². The van der Waals surface area contributed by atoms with Gasteiger partial charge in [0.25, 0.3) is 5.91 Å². The first-order valence-electron chi connectivity index (χ1n) is 9.41. The molecule has 9 heteroatoms. The van der Waals surface area contributed by atoms with Crippen LogP contribution in [0.1, 0.15) is 30.6 Å². The van der Waals surface area contributed by atoms with Gasteiger partial charge in [0.15, 0.2) is 5.82 Å². The molecule has 2 aromatic carbocycles. The van der Waals surface area contributed by atoms with Crippen molar-refractivity contribution in [2.24, 2.45) is 5.92 Å². The molecule has 3 N–H and O–H groups in total. The number of H-pyrrole nitrogens is 1. The van der Waals surface area contributed by atoms with Crippen LogP contribution in [0.5, 0.6) is 0 Å². The third-order valence-electron chi connectivity index (χ3n) is 4.73. The number of carbonyl (C=O) groups is 2. The highest BCUT2D eigenvalue weighted by Gasteiger charge is 2.26. The summed E-state index contributed by atoms with van der Waals surface area (Å²) >= 11 is 5.87. The highest BCUT2D eigenvalue weighted by molar-refractivity contribution is 6.30. The van der Waals surface area contributed by atoms with E-state index >= 15 is 0 Å². The molecule has 0 aliphatic rings. The van der Waals surface area contributed by atoms with Gasteiger partial charge in [0.2, 0.25) is 5.91 Å². The van der Waals surface area contributed by atoms with E-state index in [0.717, 1.165) is 0 Å². The molecular weight excluding hydrogens is 408 g/mol. The summed E-state index contributed by atoms with van der Waals surface area (Å²) in [4.78, 5) is 39.2. The van der Waals surface area contributed by atoms with Crippen LogP contribution in [-0.4, -0.2) is 28.0 Å². The number of amides is 2. The Hall–Kier alpha value is -3.39. The topological polar surface area (TPSA) is 117 Å². The Bertz CT molecular complexity index is 1090. The monoisotopic (exact) mass is 428 g/mol. The van der Waals surface area contributed by atoms with Crippen molar-refractivity contribution in [3.8, 4) is 11.4 Å². The van der Waals surface area contributed by atoms with Gasteiger partial charge < -0.3 is 10.6 Å². The Morgan fingerprint density at radius 1 is 1.20 bits per heavy atom. The summed E-state index contributed by atoms with van der Waals surface area (Å²) in [7, 11) is 0. The predicted molar refractivity (Wildman–Crippen MR) is 113 cm³/mol. The molecule has 0 aliphatic carbocycles. The first-order chi connectivity index (χ1) is 14.4. The molecule has 30 heavy (non-hydrogen) atoms. The normalized spacial score (nSPS) is 12.8. The lowest BCUT2D eigenvalue weighted by Crippen LogP contribution is -2.47. The van der Waals surface area contributed by atoms with E-state index in [2.05, 4.69) is 25.3 Å². The molecule has 2 unspecified atom stereocenters. The molecule has 0 spiro atoms. The van der Waals surface area contributed by atoms with Crippen molar-refractivity contribution in [3.05, 3.63) is 69.7 Å². The predicted octanol–water partition coefficient (Wildman–Crippen LogP) is 3.47. The van der Waals surface area contributed by atoms with Gasteiger partial charge in [0.05, 0.1) is 0 Å². The van der Waals surface area contributed by atoms with Crippen LogP contribution in [-0.2, 0) is 4.79 Å². The highest BCUT2D eigenvalue weighted by atomic mass is 35.5. The van der Waals surface area contributed by atoms with Crippen LogP contribution in [0.15, 0.2) is 57.8 Å². The average molecular weight is 429 g/mol. The van der Waals surface area contributed by atoms with E-state index < -0.39 is 11.8 Å². The Kier molecular flexibility index (Phi) is 6.68. The second-order valence-corrected chi connectivity index (χ2v) is 7.29. The van der Waals surface area contributed by atoms with Crippen molar-refractivity contribution in [3.63, 3.8) is 0 Å². The molecule has 0 saturated heterocycles. The van der Waals surface area contributed by atoms with Gasteiger partial charge in [-0.3, -0.25) is 19.1 Å². The Labute approximate surface area is 177 Å². The van der Waals surface area contributed by atoms with E-state index in [1.54, 1.807) is 48.5 Å². The molecule has 156 valence electrons. The number of hydrogen-bond acceptors (Lipinski definition) is 5. The van der Waals surface area contributed by atoms with Gasteiger partial charge in [-0.1, -0.05) is 49.2 Å².